The second-order valence-corrected chi connectivity index (χ2v) is 5.99. The molecular formula is C15H14FN5OS. The number of fused-ring (bicyclic) bond motifs is 1. The van der Waals surface area contributed by atoms with Crippen molar-refractivity contribution in [2.75, 3.05) is 11.1 Å². The Kier molecular flexibility index (Phi) is 4.24. The number of carbonyl (C=O) groups is 1. The maximum Gasteiger partial charge on any atom is 0.259 e. The number of hydrogen-bond acceptors (Lipinski definition) is 5. The van der Waals surface area contributed by atoms with Crippen molar-refractivity contribution in [3.05, 3.63) is 47.5 Å². The van der Waals surface area contributed by atoms with E-state index in [1.54, 1.807) is 11.4 Å². The minimum absolute atomic E-state index is 0.330. The summed E-state index contributed by atoms with van der Waals surface area (Å²) in [5.74, 6) is 0.625. The summed E-state index contributed by atoms with van der Waals surface area (Å²) in [6.07, 6.45) is 1.47. The molecule has 1 N–H and O–H groups in total. The van der Waals surface area contributed by atoms with Gasteiger partial charge in [0.05, 0.1) is 11.3 Å². The summed E-state index contributed by atoms with van der Waals surface area (Å²) in [6.45, 7) is 3.79. The third-order valence-corrected chi connectivity index (χ3v) is 3.93. The van der Waals surface area contributed by atoms with E-state index in [1.807, 2.05) is 6.92 Å². The first-order valence-corrected chi connectivity index (χ1v) is 7.99. The molecule has 3 aromatic rings. The molecule has 0 aliphatic heterocycles. The molecule has 2 heterocycles. The number of rotatable bonds is 4. The molecule has 0 aliphatic carbocycles. The first-order valence-electron chi connectivity index (χ1n) is 7.00. The topological polar surface area (TPSA) is 72.2 Å². The molecule has 0 unspecified atom stereocenters. The monoisotopic (exact) mass is 331 g/mol. The predicted octanol–water partition coefficient (Wildman–Crippen LogP) is 2.94. The molecule has 0 saturated carbocycles. The van der Waals surface area contributed by atoms with Gasteiger partial charge in [-0.15, -0.1) is 5.10 Å². The van der Waals surface area contributed by atoms with Crippen molar-refractivity contribution in [2.45, 2.75) is 19.0 Å². The zero-order chi connectivity index (χ0) is 16.4. The SMILES string of the molecule is CCSc1nc2ncc(C(=O)Nc3ccc(F)cc3)c(C)n2n1. The minimum atomic E-state index is -0.356. The van der Waals surface area contributed by atoms with Crippen LogP contribution in [0.1, 0.15) is 23.0 Å². The Morgan fingerprint density at radius 3 is 2.78 bits per heavy atom. The number of hydrogen-bond donors (Lipinski definition) is 1. The van der Waals surface area contributed by atoms with Gasteiger partial charge in [-0.05, 0) is 36.9 Å². The summed E-state index contributed by atoms with van der Waals surface area (Å²) in [5, 5.41) is 7.67. The van der Waals surface area contributed by atoms with E-state index in [1.165, 1.54) is 42.2 Å². The molecule has 0 aliphatic rings. The largest absolute Gasteiger partial charge is 0.322 e. The Morgan fingerprint density at radius 2 is 2.09 bits per heavy atom. The van der Waals surface area contributed by atoms with Crippen LogP contribution in [0.3, 0.4) is 0 Å². The highest BCUT2D eigenvalue weighted by Gasteiger charge is 2.15. The second kappa shape index (κ2) is 6.33. The Bertz CT molecular complexity index is 862. The summed E-state index contributed by atoms with van der Waals surface area (Å²) in [6, 6.07) is 5.57. The van der Waals surface area contributed by atoms with E-state index in [0.29, 0.717) is 27.9 Å². The molecule has 3 rings (SSSR count). The third-order valence-electron chi connectivity index (χ3n) is 3.21. The van der Waals surface area contributed by atoms with Crippen molar-refractivity contribution in [2.24, 2.45) is 0 Å². The first kappa shape index (κ1) is 15.4. The van der Waals surface area contributed by atoms with E-state index >= 15 is 0 Å². The molecule has 0 fully saturated rings. The van der Waals surface area contributed by atoms with Gasteiger partial charge in [0.2, 0.25) is 5.16 Å². The van der Waals surface area contributed by atoms with Gasteiger partial charge in [0, 0.05) is 11.9 Å². The van der Waals surface area contributed by atoms with Gasteiger partial charge in [-0.25, -0.2) is 9.37 Å². The van der Waals surface area contributed by atoms with Crippen molar-refractivity contribution in [1.82, 2.24) is 19.6 Å². The smallest absolute Gasteiger partial charge is 0.259 e. The summed E-state index contributed by atoms with van der Waals surface area (Å²) in [4.78, 5) is 20.8. The second-order valence-electron chi connectivity index (χ2n) is 4.76. The average molecular weight is 331 g/mol. The average Bonchev–Trinajstić information content (AvgIpc) is 2.94. The van der Waals surface area contributed by atoms with E-state index in [2.05, 4.69) is 20.4 Å². The normalized spacial score (nSPS) is 10.9. The number of halogens is 1. The van der Waals surface area contributed by atoms with Crippen LogP contribution < -0.4 is 5.32 Å². The van der Waals surface area contributed by atoms with E-state index in [-0.39, 0.29) is 11.7 Å². The Morgan fingerprint density at radius 1 is 1.35 bits per heavy atom. The maximum atomic E-state index is 12.9. The van der Waals surface area contributed by atoms with Crippen molar-refractivity contribution >= 4 is 29.1 Å². The van der Waals surface area contributed by atoms with Crippen molar-refractivity contribution in [1.29, 1.82) is 0 Å². The predicted molar refractivity (Wildman–Crippen MR) is 86.3 cm³/mol. The highest BCUT2D eigenvalue weighted by molar-refractivity contribution is 7.99. The molecule has 8 heteroatoms. The van der Waals surface area contributed by atoms with Crippen LogP contribution in [0.15, 0.2) is 35.6 Å². The minimum Gasteiger partial charge on any atom is -0.322 e. The van der Waals surface area contributed by atoms with Gasteiger partial charge in [-0.1, -0.05) is 18.7 Å². The van der Waals surface area contributed by atoms with Crippen molar-refractivity contribution in [3.63, 3.8) is 0 Å². The highest BCUT2D eigenvalue weighted by Crippen LogP contribution is 2.17. The zero-order valence-electron chi connectivity index (χ0n) is 12.6. The van der Waals surface area contributed by atoms with E-state index in [0.717, 1.165) is 5.75 Å². The van der Waals surface area contributed by atoms with Gasteiger partial charge >= 0.3 is 0 Å². The van der Waals surface area contributed by atoms with Gasteiger partial charge in [0.25, 0.3) is 11.7 Å². The number of anilines is 1. The van der Waals surface area contributed by atoms with Crippen LogP contribution in [0.2, 0.25) is 0 Å². The maximum absolute atomic E-state index is 12.9. The molecule has 0 bridgehead atoms. The third kappa shape index (κ3) is 3.16. The number of aromatic nitrogens is 4. The highest BCUT2D eigenvalue weighted by atomic mass is 32.2. The summed E-state index contributed by atoms with van der Waals surface area (Å²) in [7, 11) is 0. The van der Waals surface area contributed by atoms with Gasteiger partial charge in [-0.2, -0.15) is 9.50 Å². The Balaban J connectivity index is 1.90. The number of amides is 1. The Labute approximate surface area is 136 Å². The number of nitrogens with zero attached hydrogens (tertiary/aromatic N) is 4. The number of benzene rings is 1. The van der Waals surface area contributed by atoms with Crippen LogP contribution in [0, 0.1) is 12.7 Å². The molecule has 0 atom stereocenters. The lowest BCUT2D eigenvalue weighted by molar-refractivity contribution is 0.102. The molecule has 23 heavy (non-hydrogen) atoms. The first-order chi connectivity index (χ1) is 11.1. The standard InChI is InChI=1S/C15H14FN5OS/c1-3-23-15-19-14-17-8-12(9(2)21(14)20-15)13(22)18-11-6-4-10(16)5-7-11/h4-8H,3H2,1-2H3,(H,18,22). The number of nitrogens with one attached hydrogen (secondary N) is 1. The molecule has 2 aromatic heterocycles. The molecule has 0 spiro atoms. The summed E-state index contributed by atoms with van der Waals surface area (Å²) < 4.78 is 14.5. The van der Waals surface area contributed by atoms with Crippen molar-refractivity contribution < 1.29 is 9.18 Å². The van der Waals surface area contributed by atoms with Crippen LogP contribution in [-0.4, -0.2) is 31.2 Å². The van der Waals surface area contributed by atoms with E-state index in [9.17, 15) is 9.18 Å². The van der Waals surface area contributed by atoms with E-state index in [4.69, 9.17) is 0 Å². The molecule has 0 radical (unpaired) electrons. The Hall–Kier alpha value is -2.48. The van der Waals surface area contributed by atoms with Crippen LogP contribution in [0.5, 0.6) is 0 Å². The quantitative estimate of drug-likeness (QED) is 0.744. The molecule has 6 nitrogen and oxygen atoms in total. The van der Waals surface area contributed by atoms with Crippen molar-refractivity contribution in [3.8, 4) is 0 Å². The summed E-state index contributed by atoms with van der Waals surface area (Å²) in [5.41, 5.74) is 1.54. The van der Waals surface area contributed by atoms with Crippen LogP contribution in [0.4, 0.5) is 10.1 Å². The number of carbonyl (C=O) groups excluding carboxylic acids is 1. The number of aryl methyl sites for hydroxylation is 1. The lowest BCUT2D eigenvalue weighted by atomic mass is 10.2. The fraction of sp³-hybridized carbons (Fsp3) is 0.200. The lowest BCUT2D eigenvalue weighted by Crippen LogP contribution is -2.16. The fourth-order valence-corrected chi connectivity index (χ4v) is 2.61. The van der Waals surface area contributed by atoms with Gasteiger partial charge in [0.1, 0.15) is 5.82 Å². The van der Waals surface area contributed by atoms with Crippen LogP contribution in [-0.2, 0) is 0 Å². The van der Waals surface area contributed by atoms with Gasteiger partial charge < -0.3 is 5.32 Å². The molecule has 0 saturated heterocycles. The zero-order valence-corrected chi connectivity index (χ0v) is 13.4. The van der Waals surface area contributed by atoms with Gasteiger partial charge in [-0.3, -0.25) is 4.79 Å². The molecular weight excluding hydrogens is 317 g/mol. The lowest BCUT2D eigenvalue weighted by Gasteiger charge is -2.08. The molecule has 1 amide bonds. The molecule has 118 valence electrons. The summed E-state index contributed by atoms with van der Waals surface area (Å²) >= 11 is 1.51. The van der Waals surface area contributed by atoms with E-state index < -0.39 is 0 Å². The van der Waals surface area contributed by atoms with Crippen LogP contribution in [0.25, 0.3) is 5.78 Å². The van der Waals surface area contributed by atoms with Gasteiger partial charge in [0.15, 0.2) is 0 Å². The van der Waals surface area contributed by atoms with Crippen LogP contribution >= 0.6 is 11.8 Å². The fourth-order valence-electron chi connectivity index (χ4n) is 2.07. The molecule has 1 aromatic carbocycles. The number of thioether (sulfide) groups is 1.